The van der Waals surface area contributed by atoms with Crippen LogP contribution in [0, 0.1) is 12.3 Å². The van der Waals surface area contributed by atoms with E-state index in [2.05, 4.69) is 9.97 Å². The number of piperidine rings is 1. The summed E-state index contributed by atoms with van der Waals surface area (Å²) < 4.78 is 0. The molecular weight excluding hydrogens is 340 g/mol. The molecule has 2 amide bonds. The Labute approximate surface area is 159 Å². The standard InChI is InChI=1S/C21H24N4O2/c1-16-5-4-7-18(23-16)19(26)24-12-8-21(9-13-24)10-14-25(20(21)27)15-17-6-2-3-11-22-17/h2-7,11H,8-10,12-15H2,1H3. The molecule has 6 heteroatoms. The van der Waals surface area contributed by atoms with Crippen LogP contribution in [0.4, 0.5) is 0 Å². The maximum absolute atomic E-state index is 13.1. The third-order valence-corrected chi connectivity index (χ3v) is 5.80. The fraction of sp³-hybridized carbons (Fsp3) is 0.429. The Morgan fingerprint density at radius 3 is 2.56 bits per heavy atom. The highest BCUT2D eigenvalue weighted by molar-refractivity contribution is 5.93. The summed E-state index contributed by atoms with van der Waals surface area (Å²) in [5.74, 6) is 0.179. The molecule has 27 heavy (non-hydrogen) atoms. The van der Waals surface area contributed by atoms with Crippen molar-refractivity contribution in [3.05, 3.63) is 59.7 Å². The fourth-order valence-corrected chi connectivity index (χ4v) is 4.16. The van der Waals surface area contributed by atoms with Crippen LogP contribution in [0.3, 0.4) is 0 Å². The lowest BCUT2D eigenvalue weighted by Gasteiger charge is -2.37. The highest BCUT2D eigenvalue weighted by Crippen LogP contribution is 2.42. The Hall–Kier alpha value is -2.76. The second kappa shape index (κ2) is 7.10. The van der Waals surface area contributed by atoms with E-state index in [-0.39, 0.29) is 17.2 Å². The number of aromatic nitrogens is 2. The van der Waals surface area contributed by atoms with Gasteiger partial charge in [-0.25, -0.2) is 4.98 Å². The van der Waals surface area contributed by atoms with E-state index < -0.39 is 0 Å². The first-order chi connectivity index (χ1) is 13.1. The van der Waals surface area contributed by atoms with Gasteiger partial charge in [0.15, 0.2) is 0 Å². The zero-order valence-corrected chi connectivity index (χ0v) is 15.6. The third-order valence-electron chi connectivity index (χ3n) is 5.80. The molecule has 0 saturated carbocycles. The first kappa shape index (κ1) is 17.6. The van der Waals surface area contributed by atoms with Crippen molar-refractivity contribution in [2.45, 2.75) is 32.7 Å². The van der Waals surface area contributed by atoms with Gasteiger partial charge in [0.1, 0.15) is 5.69 Å². The molecule has 0 N–H and O–H groups in total. The van der Waals surface area contributed by atoms with E-state index in [4.69, 9.17) is 0 Å². The van der Waals surface area contributed by atoms with Crippen molar-refractivity contribution in [2.24, 2.45) is 5.41 Å². The molecule has 1 spiro atoms. The maximum Gasteiger partial charge on any atom is 0.272 e. The number of carbonyl (C=O) groups excluding carboxylic acids is 2. The molecule has 4 heterocycles. The van der Waals surface area contributed by atoms with Crippen LogP contribution >= 0.6 is 0 Å². The first-order valence-corrected chi connectivity index (χ1v) is 9.50. The lowest BCUT2D eigenvalue weighted by molar-refractivity contribution is -0.138. The van der Waals surface area contributed by atoms with E-state index in [0.717, 1.165) is 37.2 Å². The lowest BCUT2D eigenvalue weighted by Crippen LogP contribution is -2.46. The minimum Gasteiger partial charge on any atom is -0.337 e. The number of hydrogen-bond donors (Lipinski definition) is 0. The molecular formula is C21H24N4O2. The third kappa shape index (κ3) is 3.44. The summed E-state index contributed by atoms with van der Waals surface area (Å²) in [6, 6.07) is 11.3. The van der Waals surface area contributed by atoms with E-state index in [1.54, 1.807) is 12.3 Å². The number of aryl methyl sites for hydroxylation is 1. The molecule has 2 aliphatic heterocycles. The van der Waals surface area contributed by atoms with Crippen LogP contribution in [0.2, 0.25) is 0 Å². The minimum absolute atomic E-state index is 0.0377. The van der Waals surface area contributed by atoms with E-state index in [1.807, 2.05) is 47.1 Å². The van der Waals surface area contributed by atoms with Gasteiger partial charge in [-0.05, 0) is 50.5 Å². The summed E-state index contributed by atoms with van der Waals surface area (Å²) >= 11 is 0. The van der Waals surface area contributed by atoms with E-state index >= 15 is 0 Å². The van der Waals surface area contributed by atoms with Crippen LogP contribution < -0.4 is 0 Å². The molecule has 0 aromatic carbocycles. The van der Waals surface area contributed by atoms with E-state index in [0.29, 0.717) is 25.3 Å². The van der Waals surface area contributed by atoms with Crippen molar-refractivity contribution in [1.29, 1.82) is 0 Å². The molecule has 0 bridgehead atoms. The Kier molecular flexibility index (Phi) is 4.64. The van der Waals surface area contributed by atoms with Gasteiger partial charge in [0.25, 0.3) is 5.91 Å². The predicted molar refractivity (Wildman–Crippen MR) is 101 cm³/mol. The van der Waals surface area contributed by atoms with Crippen LogP contribution in [-0.4, -0.2) is 51.2 Å². The molecule has 6 nitrogen and oxygen atoms in total. The summed E-state index contributed by atoms with van der Waals surface area (Å²) in [5, 5.41) is 0. The molecule has 2 fully saturated rings. The second-order valence-electron chi connectivity index (χ2n) is 7.53. The molecule has 0 unspecified atom stereocenters. The largest absolute Gasteiger partial charge is 0.337 e. The smallest absolute Gasteiger partial charge is 0.272 e. The van der Waals surface area contributed by atoms with Gasteiger partial charge >= 0.3 is 0 Å². The summed E-state index contributed by atoms with van der Waals surface area (Å²) in [5.41, 5.74) is 1.93. The molecule has 2 aromatic rings. The van der Waals surface area contributed by atoms with Gasteiger partial charge in [0.05, 0.1) is 17.7 Å². The first-order valence-electron chi connectivity index (χ1n) is 9.50. The van der Waals surface area contributed by atoms with Gasteiger partial charge in [0.2, 0.25) is 5.91 Å². The molecule has 4 rings (SSSR count). The number of carbonyl (C=O) groups is 2. The quantitative estimate of drug-likeness (QED) is 0.839. The van der Waals surface area contributed by atoms with Crippen molar-refractivity contribution >= 4 is 11.8 Å². The van der Waals surface area contributed by atoms with E-state index in [1.165, 1.54) is 0 Å². The van der Waals surface area contributed by atoms with Crippen LogP contribution in [0.15, 0.2) is 42.6 Å². The Morgan fingerprint density at radius 1 is 1.07 bits per heavy atom. The van der Waals surface area contributed by atoms with Crippen molar-refractivity contribution in [1.82, 2.24) is 19.8 Å². The summed E-state index contributed by atoms with van der Waals surface area (Å²) in [6.45, 7) is 4.44. The van der Waals surface area contributed by atoms with Crippen molar-refractivity contribution in [2.75, 3.05) is 19.6 Å². The van der Waals surface area contributed by atoms with Crippen molar-refractivity contribution < 1.29 is 9.59 Å². The minimum atomic E-state index is -0.314. The van der Waals surface area contributed by atoms with Crippen LogP contribution in [0.25, 0.3) is 0 Å². The van der Waals surface area contributed by atoms with Gasteiger partial charge in [0, 0.05) is 31.5 Å². The normalized spacial score (nSPS) is 18.9. The molecule has 2 aliphatic rings. The summed E-state index contributed by atoms with van der Waals surface area (Å²) in [7, 11) is 0. The highest BCUT2D eigenvalue weighted by atomic mass is 16.2. The van der Waals surface area contributed by atoms with Gasteiger partial charge < -0.3 is 9.80 Å². The number of amides is 2. The Morgan fingerprint density at radius 2 is 1.85 bits per heavy atom. The average Bonchev–Trinajstić information content (AvgIpc) is 2.99. The highest BCUT2D eigenvalue weighted by Gasteiger charge is 2.48. The monoisotopic (exact) mass is 364 g/mol. The molecule has 0 atom stereocenters. The van der Waals surface area contributed by atoms with Gasteiger partial charge in [-0.2, -0.15) is 0 Å². The zero-order chi connectivity index (χ0) is 18.9. The van der Waals surface area contributed by atoms with Crippen molar-refractivity contribution in [3.63, 3.8) is 0 Å². The maximum atomic E-state index is 13.1. The van der Waals surface area contributed by atoms with Gasteiger partial charge in [-0.15, -0.1) is 0 Å². The van der Waals surface area contributed by atoms with Gasteiger partial charge in [-0.1, -0.05) is 12.1 Å². The zero-order valence-electron chi connectivity index (χ0n) is 15.6. The number of likely N-dealkylation sites (tertiary alicyclic amines) is 2. The van der Waals surface area contributed by atoms with Gasteiger partial charge in [-0.3, -0.25) is 14.6 Å². The molecule has 140 valence electrons. The number of pyridine rings is 2. The van der Waals surface area contributed by atoms with Crippen LogP contribution in [0.1, 0.15) is 41.1 Å². The van der Waals surface area contributed by atoms with Crippen LogP contribution in [-0.2, 0) is 11.3 Å². The average molecular weight is 364 g/mol. The Bertz CT molecular complexity index is 844. The summed E-state index contributed by atoms with van der Waals surface area (Å²) in [4.78, 5) is 38.2. The molecule has 2 aromatic heterocycles. The van der Waals surface area contributed by atoms with Crippen LogP contribution in [0.5, 0.6) is 0 Å². The Balaban J connectivity index is 1.40. The summed E-state index contributed by atoms with van der Waals surface area (Å²) in [6.07, 6.45) is 4.07. The number of rotatable bonds is 3. The number of hydrogen-bond acceptors (Lipinski definition) is 4. The topological polar surface area (TPSA) is 66.4 Å². The molecule has 2 saturated heterocycles. The molecule has 0 aliphatic carbocycles. The van der Waals surface area contributed by atoms with Crippen molar-refractivity contribution in [3.8, 4) is 0 Å². The molecule has 0 radical (unpaired) electrons. The SMILES string of the molecule is Cc1cccc(C(=O)N2CCC3(CC2)CCN(Cc2ccccn2)C3=O)n1. The second-order valence-corrected chi connectivity index (χ2v) is 7.53. The lowest BCUT2D eigenvalue weighted by atomic mass is 9.77. The fourth-order valence-electron chi connectivity index (χ4n) is 4.16. The van der Waals surface area contributed by atoms with E-state index in [9.17, 15) is 9.59 Å². The predicted octanol–water partition coefficient (Wildman–Crippen LogP) is 2.44. The number of nitrogens with zero attached hydrogens (tertiary/aromatic N) is 4.